The number of alkyl halides is 1. The number of aromatic nitrogens is 3. The number of phenols is 1. The number of morpholine rings is 1. The summed E-state index contributed by atoms with van der Waals surface area (Å²) < 4.78 is 31.1. The van der Waals surface area contributed by atoms with Gasteiger partial charge in [0.2, 0.25) is 5.91 Å². The van der Waals surface area contributed by atoms with E-state index in [1.807, 2.05) is 54.6 Å². The molecule has 322 valence electrons. The van der Waals surface area contributed by atoms with E-state index in [9.17, 15) is 19.5 Å². The Hall–Kier alpha value is -6.10. The number of nitrogens with two attached hydrogens (primary N) is 1. The summed E-state index contributed by atoms with van der Waals surface area (Å²) in [6.45, 7) is 4.37. The number of ether oxygens (including phenoxy) is 2. The second-order valence-corrected chi connectivity index (χ2v) is 17.2. The largest absolute Gasteiger partial charge is 0.507 e. The van der Waals surface area contributed by atoms with Crippen LogP contribution in [0.4, 0.5) is 26.4 Å². The Kier molecular flexibility index (Phi) is 10.5. The lowest BCUT2D eigenvalue weighted by atomic mass is 9.91. The molecule has 5 aromatic rings. The van der Waals surface area contributed by atoms with E-state index < -0.39 is 11.7 Å². The molecule has 2 aromatic heterocycles. The molecule has 10 rings (SSSR count). The van der Waals surface area contributed by atoms with E-state index in [1.54, 1.807) is 28.0 Å². The van der Waals surface area contributed by atoms with Gasteiger partial charge in [0.25, 0.3) is 5.91 Å². The van der Waals surface area contributed by atoms with E-state index in [1.165, 1.54) is 0 Å². The van der Waals surface area contributed by atoms with Gasteiger partial charge in [-0.2, -0.15) is 0 Å². The van der Waals surface area contributed by atoms with E-state index in [0.29, 0.717) is 81.3 Å². The molecule has 5 saturated heterocycles. The lowest BCUT2D eigenvalue weighted by molar-refractivity contribution is -0.120. The Balaban J connectivity index is 0.733. The fourth-order valence-corrected chi connectivity index (χ4v) is 9.91. The topological polar surface area (TPSA) is 172 Å². The lowest BCUT2D eigenvalue weighted by Crippen LogP contribution is -2.52. The number of imide groups is 1. The van der Waals surface area contributed by atoms with E-state index in [-0.39, 0.29) is 54.1 Å². The van der Waals surface area contributed by atoms with Gasteiger partial charge in [0.05, 0.1) is 30.6 Å². The first-order chi connectivity index (χ1) is 30.1. The van der Waals surface area contributed by atoms with Crippen LogP contribution < -0.4 is 20.9 Å². The first kappa shape index (κ1) is 40.0. The van der Waals surface area contributed by atoms with Gasteiger partial charge >= 0.3 is 6.03 Å². The number of carbonyl (C=O) groups excluding carboxylic acids is 3. The summed E-state index contributed by atoms with van der Waals surface area (Å²) in [6, 6.07) is 24.1. The molecule has 0 unspecified atom stereocenters. The molecule has 5 aliphatic heterocycles. The minimum absolute atomic E-state index is 0.0843. The summed E-state index contributed by atoms with van der Waals surface area (Å²) in [5.74, 6) is 0.00810. The van der Waals surface area contributed by atoms with Crippen LogP contribution in [0.3, 0.4) is 0 Å². The number of benzene rings is 3. The van der Waals surface area contributed by atoms with Crippen LogP contribution in [-0.4, -0.2) is 124 Å². The Morgan fingerprint density at radius 3 is 2.50 bits per heavy atom. The number of piperidine rings is 2. The van der Waals surface area contributed by atoms with Crippen molar-refractivity contribution in [3.63, 3.8) is 0 Å². The zero-order valence-corrected chi connectivity index (χ0v) is 34.4. The third-order valence-corrected chi connectivity index (χ3v) is 13.4. The summed E-state index contributed by atoms with van der Waals surface area (Å²) in [4.78, 5) is 45.4. The SMILES string of the molecule is Nc1nnc(-c2ccccc2O)cc1N1C[C@@H](c2ccc(C(=O)N3CCC(F)(CN4CCC(n5ccc6cc(N7CCC(=O)NC7=O)ccc65)CC4)CC3)cc2)O[C@H]2COC[C@H]21. The van der Waals surface area contributed by atoms with Crippen LogP contribution in [0.25, 0.3) is 22.2 Å². The molecule has 4 N–H and O–H groups in total. The number of nitrogen functional groups attached to an aromatic ring is 1. The molecule has 0 radical (unpaired) electrons. The van der Waals surface area contributed by atoms with E-state index in [0.717, 1.165) is 48.1 Å². The Bertz CT molecular complexity index is 2500. The van der Waals surface area contributed by atoms with E-state index >= 15 is 4.39 Å². The standard InChI is InChI=1S/C46H50FN9O6/c47-46(28-52-17-12-32(13-18-52)54-19-11-31-23-33(9-10-36(31)54)55-20-14-42(58)49-45(55)60)15-21-53(22-16-46)44(59)30-7-5-29(6-8-30)40-25-56(38-26-61-27-41(38)62-40)37-24-35(50-51-43(37)48)34-3-1-2-4-39(34)57/h1-11,19,23-24,32,38,40-41,57H,12-18,20-22,25-28H2,(H2,48,51)(H,49,58,60)/t38-,40+,41+/m1/s1. The van der Waals surface area contributed by atoms with Gasteiger partial charge in [-0.3, -0.25) is 19.8 Å². The lowest BCUT2D eigenvalue weighted by Gasteiger charge is -2.42. The molecule has 3 aromatic carbocycles. The summed E-state index contributed by atoms with van der Waals surface area (Å²) >= 11 is 0. The van der Waals surface area contributed by atoms with Gasteiger partial charge in [-0.05, 0) is 73.0 Å². The number of anilines is 3. The normalized spacial score (nSPS) is 23.4. The van der Waals surface area contributed by atoms with Crippen LogP contribution in [-0.2, 0) is 14.3 Å². The minimum Gasteiger partial charge on any atom is -0.507 e. The van der Waals surface area contributed by atoms with Crippen LogP contribution in [0.15, 0.2) is 85.1 Å². The first-order valence-corrected chi connectivity index (χ1v) is 21.5. The second kappa shape index (κ2) is 16.3. The molecule has 0 bridgehead atoms. The molecule has 0 spiro atoms. The highest BCUT2D eigenvalue weighted by molar-refractivity contribution is 6.06. The van der Waals surface area contributed by atoms with E-state index in [2.05, 4.69) is 42.1 Å². The Morgan fingerprint density at radius 1 is 0.935 bits per heavy atom. The van der Waals surface area contributed by atoms with Crippen molar-refractivity contribution < 1.29 is 33.4 Å². The monoisotopic (exact) mass is 843 g/mol. The van der Waals surface area contributed by atoms with Gasteiger partial charge < -0.3 is 39.6 Å². The van der Waals surface area contributed by atoms with Crippen molar-refractivity contribution in [2.24, 2.45) is 0 Å². The maximum Gasteiger partial charge on any atom is 0.328 e. The third-order valence-electron chi connectivity index (χ3n) is 13.4. The first-order valence-electron chi connectivity index (χ1n) is 21.5. The Labute approximate surface area is 358 Å². The quantitative estimate of drug-likeness (QED) is 0.181. The van der Waals surface area contributed by atoms with Gasteiger partial charge in [-0.25, -0.2) is 9.18 Å². The summed E-state index contributed by atoms with van der Waals surface area (Å²) in [7, 11) is 0. The number of phenolic OH excluding ortho intramolecular Hbond substituents is 1. The van der Waals surface area contributed by atoms with Gasteiger partial charge in [-0.15, -0.1) is 10.2 Å². The molecule has 0 saturated carbocycles. The van der Waals surface area contributed by atoms with Gasteiger partial charge in [0.15, 0.2) is 5.82 Å². The van der Waals surface area contributed by atoms with Crippen molar-refractivity contribution in [3.05, 3.63) is 96.2 Å². The number of carbonyl (C=O) groups is 3. The second-order valence-electron chi connectivity index (χ2n) is 17.2. The number of likely N-dealkylation sites (tertiary alicyclic amines) is 2. The predicted octanol–water partition coefficient (Wildman–Crippen LogP) is 5.46. The number of hydrogen-bond donors (Lipinski definition) is 3. The maximum atomic E-state index is 16.4. The molecule has 4 amide bonds. The number of fused-ring (bicyclic) bond motifs is 2. The van der Waals surface area contributed by atoms with E-state index in [4.69, 9.17) is 15.2 Å². The van der Waals surface area contributed by atoms with Crippen molar-refractivity contribution in [1.29, 1.82) is 0 Å². The predicted molar refractivity (Wildman–Crippen MR) is 231 cm³/mol. The van der Waals surface area contributed by atoms with Crippen molar-refractivity contribution in [3.8, 4) is 17.0 Å². The number of amides is 4. The fraction of sp³-hybridized carbons (Fsp3) is 0.413. The molecule has 7 heterocycles. The molecule has 3 atom stereocenters. The summed E-state index contributed by atoms with van der Waals surface area (Å²) in [6.07, 6.45) is 4.20. The highest BCUT2D eigenvalue weighted by Crippen LogP contribution is 2.39. The zero-order valence-electron chi connectivity index (χ0n) is 34.4. The molecule has 62 heavy (non-hydrogen) atoms. The highest BCUT2D eigenvalue weighted by atomic mass is 19.1. The van der Waals surface area contributed by atoms with Gasteiger partial charge in [-0.1, -0.05) is 24.3 Å². The molecule has 5 aliphatic rings. The summed E-state index contributed by atoms with van der Waals surface area (Å²) in [5.41, 5.74) is 10.1. The minimum atomic E-state index is -1.36. The number of hydrogen-bond acceptors (Lipinski definition) is 11. The number of nitrogens with zero attached hydrogens (tertiary/aromatic N) is 7. The van der Waals surface area contributed by atoms with Gasteiger partial charge in [0, 0.05) is 105 Å². The smallest absolute Gasteiger partial charge is 0.328 e. The van der Waals surface area contributed by atoms with Crippen LogP contribution in [0, 0.1) is 0 Å². The number of aromatic hydroxyl groups is 1. The van der Waals surface area contributed by atoms with Crippen LogP contribution in [0.2, 0.25) is 0 Å². The zero-order chi connectivity index (χ0) is 42.5. The van der Waals surface area contributed by atoms with Crippen molar-refractivity contribution in [2.75, 3.05) is 74.6 Å². The van der Waals surface area contributed by atoms with Crippen molar-refractivity contribution in [2.45, 2.75) is 62.1 Å². The van der Waals surface area contributed by atoms with Crippen molar-refractivity contribution >= 4 is 45.9 Å². The number of halogens is 1. The van der Waals surface area contributed by atoms with Crippen LogP contribution in [0.5, 0.6) is 5.75 Å². The number of urea groups is 1. The molecule has 5 fully saturated rings. The maximum absolute atomic E-state index is 16.4. The fourth-order valence-electron chi connectivity index (χ4n) is 9.91. The number of para-hydroxylation sites is 1. The molecular weight excluding hydrogens is 794 g/mol. The van der Waals surface area contributed by atoms with Crippen LogP contribution in [0.1, 0.15) is 60.2 Å². The number of rotatable bonds is 8. The molecule has 0 aliphatic carbocycles. The van der Waals surface area contributed by atoms with Gasteiger partial charge in [0.1, 0.15) is 23.6 Å². The average Bonchev–Trinajstić information content (AvgIpc) is 3.94. The molecule has 16 heteroatoms. The molecular formula is C46H50FN9O6. The Morgan fingerprint density at radius 2 is 1.73 bits per heavy atom. The average molecular weight is 844 g/mol. The molecule has 15 nitrogen and oxygen atoms in total. The van der Waals surface area contributed by atoms with Crippen LogP contribution >= 0.6 is 0 Å². The highest BCUT2D eigenvalue weighted by Gasteiger charge is 2.43. The number of nitrogens with one attached hydrogen (secondary N) is 1. The summed E-state index contributed by atoms with van der Waals surface area (Å²) in [5, 5.41) is 22.4. The van der Waals surface area contributed by atoms with Crippen molar-refractivity contribution in [1.82, 2.24) is 29.9 Å². The third kappa shape index (κ3) is 7.71.